The highest BCUT2D eigenvalue weighted by Crippen LogP contribution is 2.29. The third kappa shape index (κ3) is 3.04. The molecule has 0 fully saturated rings. The summed E-state index contributed by atoms with van der Waals surface area (Å²) >= 11 is 3.38. The molecule has 1 amide bonds. The first-order chi connectivity index (χ1) is 9.04. The van der Waals surface area contributed by atoms with Gasteiger partial charge in [-0.15, -0.1) is 0 Å². The average Bonchev–Trinajstić information content (AvgIpc) is 3.17. The molecule has 0 saturated heterocycles. The molecule has 0 N–H and O–H groups in total. The molecule has 0 atom stereocenters. The first-order valence-electron chi connectivity index (χ1n) is 5.99. The van der Waals surface area contributed by atoms with E-state index in [2.05, 4.69) is 15.9 Å². The monoisotopic (exact) mass is 323 g/mol. The van der Waals surface area contributed by atoms with E-state index in [0.29, 0.717) is 0 Å². The van der Waals surface area contributed by atoms with Crippen molar-refractivity contribution >= 4 is 33.5 Å². The molecule has 0 saturated carbocycles. The van der Waals surface area contributed by atoms with E-state index >= 15 is 0 Å². The summed E-state index contributed by atoms with van der Waals surface area (Å²) in [5, 5.41) is 0. The zero-order valence-electron chi connectivity index (χ0n) is 10.7. The van der Waals surface area contributed by atoms with Crippen molar-refractivity contribution in [2.24, 2.45) is 0 Å². The molecule has 19 heavy (non-hydrogen) atoms. The van der Waals surface area contributed by atoms with E-state index in [9.17, 15) is 9.59 Å². The second kappa shape index (κ2) is 5.57. The number of nitrogens with zero attached hydrogens (tertiary/aromatic N) is 1. The van der Waals surface area contributed by atoms with Gasteiger partial charge in [-0.1, -0.05) is 28.1 Å². The number of hydrogen-bond acceptors (Lipinski definition) is 3. The third-order valence-corrected chi connectivity index (χ3v) is 3.24. The number of anilines is 1. The standard InChI is InChI=1S/C14H14BrNO3/c1-3-19-14(18)13(17)16(11-5-6-11)12-7-4-10(15)8-9(12)2/h4-8,11H,3H2,1-2H3. The van der Waals surface area contributed by atoms with Crippen LogP contribution < -0.4 is 4.90 Å². The number of amides is 1. The number of aryl methyl sites for hydroxylation is 1. The van der Waals surface area contributed by atoms with E-state index < -0.39 is 11.9 Å². The zero-order chi connectivity index (χ0) is 14.0. The number of halogens is 1. The minimum absolute atomic E-state index is 0.128. The Bertz CT molecular complexity index is 548. The molecule has 1 aliphatic carbocycles. The maximum Gasteiger partial charge on any atom is 0.397 e. The lowest BCUT2D eigenvalue weighted by molar-refractivity contribution is -0.153. The average molecular weight is 324 g/mol. The Hall–Kier alpha value is -1.62. The fraction of sp³-hybridized carbons (Fsp3) is 0.286. The number of carbonyl (C=O) groups is 2. The smallest absolute Gasteiger partial charge is 0.397 e. The van der Waals surface area contributed by atoms with Crippen molar-refractivity contribution < 1.29 is 14.3 Å². The van der Waals surface area contributed by atoms with E-state index in [-0.39, 0.29) is 12.6 Å². The highest BCUT2D eigenvalue weighted by Gasteiger charge is 2.33. The van der Waals surface area contributed by atoms with Crippen LogP contribution in [0.3, 0.4) is 0 Å². The van der Waals surface area contributed by atoms with Crippen molar-refractivity contribution in [2.75, 3.05) is 11.5 Å². The lowest BCUT2D eigenvalue weighted by Gasteiger charge is -2.23. The Kier molecular flexibility index (Phi) is 4.04. The second-order valence-electron chi connectivity index (χ2n) is 4.20. The van der Waals surface area contributed by atoms with Gasteiger partial charge in [-0.05, 0) is 37.6 Å². The number of benzene rings is 1. The zero-order valence-corrected chi connectivity index (χ0v) is 12.3. The van der Waals surface area contributed by atoms with Gasteiger partial charge in [0.15, 0.2) is 0 Å². The van der Waals surface area contributed by atoms with Crippen molar-refractivity contribution in [1.82, 2.24) is 0 Å². The van der Waals surface area contributed by atoms with Gasteiger partial charge in [0.2, 0.25) is 0 Å². The molecule has 1 aromatic rings. The van der Waals surface area contributed by atoms with E-state index in [1.165, 1.54) is 4.90 Å². The molecular formula is C14H14BrNO3. The van der Waals surface area contributed by atoms with Crippen LogP contribution in [0.4, 0.5) is 5.69 Å². The van der Waals surface area contributed by atoms with Gasteiger partial charge in [0.25, 0.3) is 0 Å². The summed E-state index contributed by atoms with van der Waals surface area (Å²) in [7, 11) is 0. The van der Waals surface area contributed by atoms with Crippen molar-refractivity contribution in [2.45, 2.75) is 19.9 Å². The summed E-state index contributed by atoms with van der Waals surface area (Å²) in [5.74, 6) is -1.46. The Morgan fingerprint density at radius 1 is 1.37 bits per heavy atom. The number of esters is 1. The van der Waals surface area contributed by atoms with E-state index in [1.54, 1.807) is 6.92 Å². The summed E-state index contributed by atoms with van der Waals surface area (Å²) in [5.41, 5.74) is 1.64. The Morgan fingerprint density at radius 3 is 2.58 bits per heavy atom. The van der Waals surface area contributed by atoms with Crippen molar-refractivity contribution in [1.29, 1.82) is 0 Å². The third-order valence-electron chi connectivity index (χ3n) is 2.75. The van der Waals surface area contributed by atoms with Crippen molar-refractivity contribution in [3.05, 3.63) is 40.4 Å². The van der Waals surface area contributed by atoms with Crippen LogP contribution in [0.2, 0.25) is 0 Å². The molecule has 0 heterocycles. The Labute approximate surface area is 120 Å². The number of rotatable bonds is 3. The number of carbonyl (C=O) groups excluding carboxylic acids is 2. The molecule has 100 valence electrons. The molecule has 0 spiro atoms. The molecule has 1 aromatic carbocycles. The molecule has 5 heteroatoms. The molecule has 0 aromatic heterocycles. The SMILES string of the molecule is CCOC(=O)C(=O)N(c1ccc(Br)cc1C)C1C=C1. The number of hydrogen-bond donors (Lipinski definition) is 0. The first kappa shape index (κ1) is 13.8. The van der Waals surface area contributed by atoms with Crippen molar-refractivity contribution in [3.63, 3.8) is 0 Å². The molecule has 0 bridgehead atoms. The lowest BCUT2D eigenvalue weighted by atomic mass is 10.1. The van der Waals surface area contributed by atoms with Crippen LogP contribution in [0.1, 0.15) is 12.5 Å². The van der Waals surface area contributed by atoms with Gasteiger partial charge >= 0.3 is 11.9 Å². The fourth-order valence-corrected chi connectivity index (χ4v) is 2.28. The summed E-state index contributed by atoms with van der Waals surface area (Å²) < 4.78 is 5.71. The molecule has 2 rings (SSSR count). The Morgan fingerprint density at radius 2 is 2.05 bits per heavy atom. The van der Waals surface area contributed by atoms with Crippen LogP contribution in [-0.2, 0) is 14.3 Å². The van der Waals surface area contributed by atoms with Crippen LogP contribution in [0, 0.1) is 6.92 Å². The molecule has 1 aliphatic rings. The van der Waals surface area contributed by atoms with Crippen LogP contribution >= 0.6 is 15.9 Å². The Balaban J connectivity index is 2.30. The van der Waals surface area contributed by atoms with Gasteiger partial charge in [0.1, 0.15) is 0 Å². The number of ether oxygens (including phenoxy) is 1. The van der Waals surface area contributed by atoms with E-state index in [0.717, 1.165) is 15.7 Å². The maximum absolute atomic E-state index is 12.2. The van der Waals surface area contributed by atoms with Crippen molar-refractivity contribution in [3.8, 4) is 0 Å². The molecule has 0 unspecified atom stereocenters. The summed E-state index contributed by atoms with van der Waals surface area (Å²) in [6.45, 7) is 3.76. The van der Waals surface area contributed by atoms with E-state index in [1.807, 2.05) is 37.3 Å². The van der Waals surface area contributed by atoms with E-state index in [4.69, 9.17) is 4.74 Å². The predicted octanol–water partition coefficient (Wildman–Crippen LogP) is 2.59. The van der Waals surface area contributed by atoms with Gasteiger partial charge < -0.3 is 4.74 Å². The minimum atomic E-state index is -0.821. The van der Waals surface area contributed by atoms with Gasteiger partial charge in [0.05, 0.1) is 12.6 Å². The first-order valence-corrected chi connectivity index (χ1v) is 6.78. The normalized spacial score (nSPS) is 13.2. The lowest BCUT2D eigenvalue weighted by Crippen LogP contribution is -2.40. The topological polar surface area (TPSA) is 46.6 Å². The van der Waals surface area contributed by atoms with Gasteiger partial charge in [-0.2, -0.15) is 0 Å². The minimum Gasteiger partial charge on any atom is -0.459 e. The van der Waals surface area contributed by atoms with Crippen LogP contribution in [-0.4, -0.2) is 24.5 Å². The highest BCUT2D eigenvalue weighted by molar-refractivity contribution is 9.10. The summed E-state index contributed by atoms with van der Waals surface area (Å²) in [4.78, 5) is 25.2. The van der Waals surface area contributed by atoms with Crippen LogP contribution in [0.25, 0.3) is 0 Å². The quantitative estimate of drug-likeness (QED) is 0.488. The summed E-state index contributed by atoms with van der Waals surface area (Å²) in [6, 6.07) is 5.44. The van der Waals surface area contributed by atoms with Gasteiger partial charge in [0, 0.05) is 10.2 Å². The van der Waals surface area contributed by atoms with Crippen LogP contribution in [0.15, 0.2) is 34.8 Å². The molecule has 0 aliphatic heterocycles. The maximum atomic E-state index is 12.2. The second-order valence-corrected chi connectivity index (χ2v) is 5.12. The van der Waals surface area contributed by atoms with Gasteiger partial charge in [-0.3, -0.25) is 9.69 Å². The fourth-order valence-electron chi connectivity index (χ4n) is 1.81. The highest BCUT2D eigenvalue weighted by atomic mass is 79.9. The largest absolute Gasteiger partial charge is 0.459 e. The van der Waals surface area contributed by atoms with Gasteiger partial charge in [-0.25, -0.2) is 4.79 Å². The molecule has 0 radical (unpaired) electrons. The summed E-state index contributed by atoms with van der Waals surface area (Å²) in [6.07, 6.45) is 3.72. The molecule has 4 nitrogen and oxygen atoms in total. The van der Waals surface area contributed by atoms with Crippen LogP contribution in [0.5, 0.6) is 0 Å². The predicted molar refractivity (Wildman–Crippen MR) is 75.9 cm³/mol. The molecular weight excluding hydrogens is 310 g/mol.